The summed E-state index contributed by atoms with van der Waals surface area (Å²) in [5.74, 6) is 0.309. The maximum absolute atomic E-state index is 2.40. The molecule has 0 nitrogen and oxygen atoms in total. The van der Waals surface area contributed by atoms with Crippen LogP contribution in [0.3, 0.4) is 0 Å². The lowest BCUT2D eigenvalue weighted by molar-refractivity contribution is 1.02. The van der Waals surface area contributed by atoms with Crippen molar-refractivity contribution in [3.05, 3.63) is 143 Å². The molecule has 0 aliphatic heterocycles. The monoisotopic (exact) mass is 406 g/mol. The van der Waals surface area contributed by atoms with Gasteiger partial charge in [0.15, 0.2) is 0 Å². The zero-order valence-electron chi connectivity index (χ0n) is 17.8. The molecule has 5 aromatic carbocycles. The molecule has 0 heteroatoms. The molecule has 0 radical (unpaired) electrons. The molecule has 2 aliphatic rings. The van der Waals surface area contributed by atoms with E-state index in [2.05, 4.69) is 115 Å². The molecule has 0 amide bonds. The Bertz CT molecular complexity index is 1490. The number of benzene rings is 5. The molecule has 0 saturated carbocycles. The Morgan fingerprint density at radius 2 is 1.06 bits per heavy atom. The molecular formula is C32H22. The van der Waals surface area contributed by atoms with Gasteiger partial charge in [-0.05, 0) is 79.8 Å². The Kier molecular flexibility index (Phi) is 3.77. The summed E-state index contributed by atoms with van der Waals surface area (Å²) in [6, 6.07) is 42.7. The maximum atomic E-state index is 2.40. The first kappa shape index (κ1) is 17.7. The Morgan fingerprint density at radius 3 is 1.94 bits per heavy atom. The van der Waals surface area contributed by atoms with E-state index in [1.165, 1.54) is 61.2 Å². The molecule has 0 aromatic heterocycles. The molecule has 7 rings (SSSR count). The lowest BCUT2D eigenvalue weighted by Gasteiger charge is -2.14. The fourth-order valence-electron chi connectivity index (χ4n) is 5.69. The van der Waals surface area contributed by atoms with Crippen LogP contribution in [-0.4, -0.2) is 0 Å². The van der Waals surface area contributed by atoms with E-state index in [4.69, 9.17) is 0 Å². The minimum atomic E-state index is 0.309. The van der Waals surface area contributed by atoms with Gasteiger partial charge in [0.25, 0.3) is 0 Å². The van der Waals surface area contributed by atoms with Crippen molar-refractivity contribution in [1.82, 2.24) is 0 Å². The topological polar surface area (TPSA) is 0 Å². The predicted octanol–water partition coefficient (Wildman–Crippen LogP) is 8.09. The standard InChI is InChI=1S/C32H22/c1-2-8-21(9-3-1)32-28-13-7-6-12-27(28)31-20-23(16-17-29(31)32)22-14-15-25-18-24-10-4-5-11-26(24)30(25)19-22/h1-17,19-20,32H,18H2. The van der Waals surface area contributed by atoms with E-state index in [9.17, 15) is 0 Å². The van der Waals surface area contributed by atoms with E-state index in [0.717, 1.165) is 6.42 Å². The van der Waals surface area contributed by atoms with Crippen LogP contribution in [0.2, 0.25) is 0 Å². The molecule has 1 atom stereocenters. The summed E-state index contributed by atoms with van der Waals surface area (Å²) in [6.45, 7) is 0. The van der Waals surface area contributed by atoms with Crippen molar-refractivity contribution in [2.75, 3.05) is 0 Å². The van der Waals surface area contributed by atoms with Gasteiger partial charge in [0, 0.05) is 5.92 Å². The second kappa shape index (κ2) is 6.80. The molecule has 0 N–H and O–H groups in total. The summed E-state index contributed by atoms with van der Waals surface area (Å²) < 4.78 is 0. The predicted molar refractivity (Wildman–Crippen MR) is 133 cm³/mol. The first-order chi connectivity index (χ1) is 15.9. The van der Waals surface area contributed by atoms with E-state index < -0.39 is 0 Å². The summed E-state index contributed by atoms with van der Waals surface area (Å²) in [5.41, 5.74) is 15.2. The van der Waals surface area contributed by atoms with Crippen molar-refractivity contribution in [3.8, 4) is 33.4 Å². The van der Waals surface area contributed by atoms with Crippen LogP contribution < -0.4 is 0 Å². The Balaban J connectivity index is 1.38. The molecule has 2 aliphatic carbocycles. The number of fused-ring (bicyclic) bond motifs is 6. The van der Waals surface area contributed by atoms with Crippen molar-refractivity contribution in [3.63, 3.8) is 0 Å². The van der Waals surface area contributed by atoms with Crippen molar-refractivity contribution < 1.29 is 0 Å². The Labute approximate surface area is 188 Å². The highest BCUT2D eigenvalue weighted by Gasteiger charge is 2.29. The Hall–Kier alpha value is -3.90. The van der Waals surface area contributed by atoms with E-state index in [1.807, 2.05) is 0 Å². The van der Waals surface area contributed by atoms with Crippen molar-refractivity contribution in [2.45, 2.75) is 12.3 Å². The van der Waals surface area contributed by atoms with Crippen molar-refractivity contribution >= 4 is 0 Å². The van der Waals surface area contributed by atoms with Gasteiger partial charge in [-0.1, -0.05) is 103 Å². The highest BCUT2D eigenvalue weighted by molar-refractivity contribution is 5.86. The van der Waals surface area contributed by atoms with Gasteiger partial charge in [-0.15, -0.1) is 0 Å². The Morgan fingerprint density at radius 1 is 0.438 bits per heavy atom. The molecule has 0 heterocycles. The highest BCUT2D eigenvalue weighted by Crippen LogP contribution is 2.49. The number of hydrogen-bond donors (Lipinski definition) is 0. The van der Waals surface area contributed by atoms with Crippen molar-refractivity contribution in [1.29, 1.82) is 0 Å². The minimum Gasteiger partial charge on any atom is -0.0622 e. The second-order valence-corrected chi connectivity index (χ2v) is 8.94. The first-order valence-corrected chi connectivity index (χ1v) is 11.4. The summed E-state index contributed by atoms with van der Waals surface area (Å²) in [4.78, 5) is 0. The molecule has 150 valence electrons. The quantitative estimate of drug-likeness (QED) is 0.272. The van der Waals surface area contributed by atoms with Gasteiger partial charge in [-0.25, -0.2) is 0 Å². The summed E-state index contributed by atoms with van der Waals surface area (Å²) in [5, 5.41) is 0. The molecule has 0 bridgehead atoms. The van der Waals surface area contributed by atoms with Crippen LogP contribution in [0, 0.1) is 0 Å². The van der Waals surface area contributed by atoms with Crippen LogP contribution in [0.15, 0.2) is 115 Å². The average molecular weight is 407 g/mol. The second-order valence-electron chi connectivity index (χ2n) is 8.94. The molecule has 1 unspecified atom stereocenters. The zero-order valence-corrected chi connectivity index (χ0v) is 17.8. The van der Waals surface area contributed by atoms with Crippen LogP contribution in [0.4, 0.5) is 0 Å². The van der Waals surface area contributed by atoms with Gasteiger partial charge >= 0.3 is 0 Å². The summed E-state index contributed by atoms with van der Waals surface area (Å²) >= 11 is 0. The molecule has 0 fully saturated rings. The van der Waals surface area contributed by atoms with Crippen molar-refractivity contribution in [2.24, 2.45) is 0 Å². The van der Waals surface area contributed by atoms with E-state index in [-0.39, 0.29) is 0 Å². The maximum Gasteiger partial charge on any atom is 0.0352 e. The smallest absolute Gasteiger partial charge is 0.0352 e. The van der Waals surface area contributed by atoms with Gasteiger partial charge in [0.2, 0.25) is 0 Å². The number of rotatable bonds is 2. The van der Waals surface area contributed by atoms with E-state index in [0.29, 0.717) is 5.92 Å². The fraction of sp³-hybridized carbons (Fsp3) is 0.0625. The van der Waals surface area contributed by atoms with Crippen LogP contribution >= 0.6 is 0 Å². The molecular weight excluding hydrogens is 384 g/mol. The van der Waals surface area contributed by atoms with Gasteiger partial charge in [-0.2, -0.15) is 0 Å². The van der Waals surface area contributed by atoms with E-state index >= 15 is 0 Å². The van der Waals surface area contributed by atoms with Crippen LogP contribution in [0.1, 0.15) is 33.7 Å². The molecule has 0 saturated heterocycles. The van der Waals surface area contributed by atoms with Gasteiger partial charge in [-0.3, -0.25) is 0 Å². The normalized spacial score (nSPS) is 15.1. The largest absolute Gasteiger partial charge is 0.0622 e. The molecule has 32 heavy (non-hydrogen) atoms. The molecule has 5 aromatic rings. The zero-order chi connectivity index (χ0) is 21.1. The van der Waals surface area contributed by atoms with Gasteiger partial charge < -0.3 is 0 Å². The van der Waals surface area contributed by atoms with Gasteiger partial charge in [0.05, 0.1) is 0 Å². The third-order valence-electron chi connectivity index (χ3n) is 7.19. The third-order valence-corrected chi connectivity index (χ3v) is 7.19. The summed E-state index contributed by atoms with van der Waals surface area (Å²) in [6.07, 6.45) is 1.04. The molecule has 0 spiro atoms. The van der Waals surface area contributed by atoms with Gasteiger partial charge in [0.1, 0.15) is 0 Å². The summed E-state index contributed by atoms with van der Waals surface area (Å²) in [7, 11) is 0. The van der Waals surface area contributed by atoms with Crippen LogP contribution in [0.25, 0.3) is 33.4 Å². The van der Waals surface area contributed by atoms with E-state index in [1.54, 1.807) is 0 Å². The SMILES string of the molecule is c1ccc(C2c3ccccc3-c3cc(-c4ccc5c(c4)-c4ccccc4C5)ccc32)cc1. The minimum absolute atomic E-state index is 0.309. The lowest BCUT2D eigenvalue weighted by Crippen LogP contribution is -1.98. The van der Waals surface area contributed by atoms with Crippen LogP contribution in [0.5, 0.6) is 0 Å². The van der Waals surface area contributed by atoms with Crippen LogP contribution in [-0.2, 0) is 6.42 Å². The average Bonchev–Trinajstić information content (AvgIpc) is 3.39. The highest BCUT2D eigenvalue weighted by atomic mass is 14.3. The first-order valence-electron chi connectivity index (χ1n) is 11.4. The lowest BCUT2D eigenvalue weighted by atomic mass is 9.88. The fourth-order valence-corrected chi connectivity index (χ4v) is 5.69. The third kappa shape index (κ3) is 2.56. The number of hydrogen-bond acceptors (Lipinski definition) is 0.